The van der Waals surface area contributed by atoms with E-state index in [0.717, 1.165) is 12.8 Å². The highest BCUT2D eigenvalue weighted by atomic mass is 16.7. The summed E-state index contributed by atoms with van der Waals surface area (Å²) in [5.74, 6) is 0.407. The second kappa shape index (κ2) is 3.27. The Balaban J connectivity index is 1.96. The number of hydrogen-bond acceptors (Lipinski definition) is 4. The van der Waals surface area contributed by atoms with Crippen LogP contribution in [-0.2, 0) is 14.3 Å². The average Bonchev–Trinajstić information content (AvgIpc) is 2.20. The molecule has 0 aromatic heterocycles. The van der Waals surface area contributed by atoms with Gasteiger partial charge in [0.15, 0.2) is 0 Å². The molecule has 2 aliphatic rings. The van der Waals surface area contributed by atoms with Gasteiger partial charge in [0, 0.05) is 12.8 Å². The highest BCUT2D eigenvalue weighted by molar-refractivity contribution is 5.66. The monoisotopic (exact) mass is 186 g/mol. The fraction of sp³-hybridized carbons (Fsp3) is 0.889. The van der Waals surface area contributed by atoms with Crippen molar-refractivity contribution in [3.05, 3.63) is 0 Å². The number of esters is 1. The van der Waals surface area contributed by atoms with Gasteiger partial charge in [-0.2, -0.15) is 0 Å². The highest BCUT2D eigenvalue weighted by Gasteiger charge is 2.51. The molecule has 2 fully saturated rings. The minimum absolute atomic E-state index is 0.0267. The van der Waals surface area contributed by atoms with Gasteiger partial charge in [-0.3, -0.25) is 4.79 Å². The van der Waals surface area contributed by atoms with Crippen LogP contribution in [0.3, 0.4) is 0 Å². The van der Waals surface area contributed by atoms with E-state index in [0.29, 0.717) is 11.8 Å². The van der Waals surface area contributed by atoms with Crippen molar-refractivity contribution >= 4 is 5.97 Å². The van der Waals surface area contributed by atoms with Gasteiger partial charge < -0.3 is 14.6 Å². The Hall–Kier alpha value is -0.610. The van der Waals surface area contributed by atoms with Gasteiger partial charge in [-0.1, -0.05) is 0 Å². The summed E-state index contributed by atoms with van der Waals surface area (Å²) < 4.78 is 10.4. The Labute approximate surface area is 76.8 Å². The molecule has 0 spiro atoms. The molecule has 1 N–H and O–H groups in total. The summed E-state index contributed by atoms with van der Waals surface area (Å²) in [5, 5.41) is 8.97. The third-order valence-electron chi connectivity index (χ3n) is 2.98. The van der Waals surface area contributed by atoms with E-state index < -0.39 is 6.29 Å². The van der Waals surface area contributed by atoms with Crippen molar-refractivity contribution in [1.82, 2.24) is 0 Å². The van der Waals surface area contributed by atoms with Crippen LogP contribution in [0.15, 0.2) is 0 Å². The summed E-state index contributed by atoms with van der Waals surface area (Å²) in [5.41, 5.74) is 0. The lowest BCUT2D eigenvalue weighted by Crippen LogP contribution is -2.34. The lowest BCUT2D eigenvalue weighted by Gasteiger charge is -2.32. The molecule has 0 amide bonds. The maximum absolute atomic E-state index is 10.7. The molecule has 1 aliphatic heterocycles. The molecule has 0 radical (unpaired) electrons. The number of hydrogen-bond donors (Lipinski definition) is 1. The number of fused-ring (bicyclic) bond motifs is 1. The first kappa shape index (κ1) is 8.97. The lowest BCUT2D eigenvalue weighted by atomic mass is 9.72. The first-order chi connectivity index (χ1) is 6.22. The van der Waals surface area contributed by atoms with Gasteiger partial charge in [-0.05, 0) is 18.8 Å². The van der Waals surface area contributed by atoms with Crippen LogP contribution in [-0.4, -0.2) is 30.1 Å². The molecule has 4 nitrogen and oxygen atoms in total. The van der Waals surface area contributed by atoms with Crippen molar-refractivity contribution in [3.63, 3.8) is 0 Å². The Morgan fingerprint density at radius 2 is 2.23 bits per heavy atom. The first-order valence-corrected chi connectivity index (χ1v) is 4.66. The minimum atomic E-state index is -0.409. The smallest absolute Gasteiger partial charge is 0.304 e. The van der Waals surface area contributed by atoms with Crippen LogP contribution in [0.4, 0.5) is 0 Å². The van der Waals surface area contributed by atoms with Crippen LogP contribution >= 0.6 is 0 Å². The molecule has 0 aromatic rings. The van der Waals surface area contributed by atoms with Crippen molar-refractivity contribution in [2.24, 2.45) is 11.8 Å². The molecule has 1 saturated heterocycles. The van der Waals surface area contributed by atoms with E-state index in [9.17, 15) is 4.79 Å². The van der Waals surface area contributed by atoms with E-state index in [1.807, 2.05) is 0 Å². The maximum Gasteiger partial charge on any atom is 0.304 e. The molecule has 13 heavy (non-hydrogen) atoms. The number of carbonyl (C=O) groups is 1. The van der Waals surface area contributed by atoms with Crippen molar-refractivity contribution in [3.8, 4) is 0 Å². The predicted molar refractivity (Wildman–Crippen MR) is 43.7 cm³/mol. The summed E-state index contributed by atoms with van der Waals surface area (Å²) in [6, 6.07) is 0. The molecule has 74 valence electrons. The third kappa shape index (κ3) is 1.44. The average molecular weight is 186 g/mol. The SMILES string of the molecule is CC(=O)O[C@@H]1O[C@H](CO)[C@H]2CC[C@@H]12. The quantitative estimate of drug-likeness (QED) is 0.630. The van der Waals surface area contributed by atoms with E-state index in [1.54, 1.807) is 0 Å². The highest BCUT2D eigenvalue weighted by Crippen LogP contribution is 2.47. The van der Waals surface area contributed by atoms with E-state index >= 15 is 0 Å². The zero-order chi connectivity index (χ0) is 9.42. The third-order valence-corrected chi connectivity index (χ3v) is 2.98. The molecule has 0 bridgehead atoms. The molecule has 4 atom stereocenters. The Kier molecular flexibility index (Phi) is 2.26. The van der Waals surface area contributed by atoms with Crippen LogP contribution in [0.1, 0.15) is 19.8 Å². The second-order valence-corrected chi connectivity index (χ2v) is 3.74. The van der Waals surface area contributed by atoms with Crippen molar-refractivity contribution < 1.29 is 19.4 Å². The van der Waals surface area contributed by atoms with E-state index in [2.05, 4.69) is 0 Å². The van der Waals surface area contributed by atoms with Crippen LogP contribution in [0.5, 0.6) is 0 Å². The largest absolute Gasteiger partial charge is 0.436 e. The number of aliphatic hydroxyl groups excluding tert-OH is 1. The zero-order valence-corrected chi connectivity index (χ0v) is 7.60. The van der Waals surface area contributed by atoms with E-state index in [4.69, 9.17) is 14.6 Å². The molecule has 4 heteroatoms. The molecular weight excluding hydrogens is 172 g/mol. The second-order valence-electron chi connectivity index (χ2n) is 3.74. The molecular formula is C9H14O4. The topological polar surface area (TPSA) is 55.8 Å². The fourth-order valence-electron chi connectivity index (χ4n) is 2.18. The van der Waals surface area contributed by atoms with Crippen LogP contribution in [0.25, 0.3) is 0 Å². The zero-order valence-electron chi connectivity index (χ0n) is 7.60. The Morgan fingerprint density at radius 1 is 1.54 bits per heavy atom. The van der Waals surface area contributed by atoms with Gasteiger partial charge in [0.2, 0.25) is 6.29 Å². The minimum Gasteiger partial charge on any atom is -0.436 e. The van der Waals surface area contributed by atoms with Gasteiger partial charge in [0.25, 0.3) is 0 Å². The van der Waals surface area contributed by atoms with Gasteiger partial charge >= 0.3 is 5.97 Å². The predicted octanol–water partition coefficient (Wildman–Crippen LogP) is 0.293. The summed E-state index contributed by atoms with van der Waals surface area (Å²) in [6.45, 7) is 1.40. The van der Waals surface area contributed by atoms with Crippen molar-refractivity contribution in [2.75, 3.05) is 6.61 Å². The van der Waals surface area contributed by atoms with Crippen LogP contribution in [0, 0.1) is 11.8 Å². The summed E-state index contributed by atoms with van der Waals surface area (Å²) in [6.07, 6.45) is 1.59. The van der Waals surface area contributed by atoms with Crippen molar-refractivity contribution in [1.29, 1.82) is 0 Å². The summed E-state index contributed by atoms with van der Waals surface area (Å²) >= 11 is 0. The Bertz CT molecular complexity index is 214. The summed E-state index contributed by atoms with van der Waals surface area (Å²) in [7, 11) is 0. The molecule has 0 aromatic carbocycles. The van der Waals surface area contributed by atoms with Crippen LogP contribution in [0.2, 0.25) is 0 Å². The molecule has 1 heterocycles. The van der Waals surface area contributed by atoms with E-state index in [-0.39, 0.29) is 18.7 Å². The number of aliphatic hydroxyl groups is 1. The standard InChI is InChI=1S/C9H14O4/c1-5(11)12-9-7-3-2-6(7)8(4-10)13-9/h6-10H,2-4H2,1H3/t6-,7+,8+,9+/m0/s1. The fourth-order valence-corrected chi connectivity index (χ4v) is 2.18. The molecule has 1 aliphatic carbocycles. The number of ether oxygens (including phenoxy) is 2. The lowest BCUT2D eigenvalue weighted by molar-refractivity contribution is -0.181. The molecule has 1 saturated carbocycles. The van der Waals surface area contributed by atoms with Gasteiger partial charge in [-0.25, -0.2) is 0 Å². The maximum atomic E-state index is 10.7. The van der Waals surface area contributed by atoms with E-state index in [1.165, 1.54) is 6.92 Å². The van der Waals surface area contributed by atoms with Gasteiger partial charge in [0.05, 0.1) is 12.7 Å². The molecule has 0 unspecified atom stereocenters. The first-order valence-electron chi connectivity index (χ1n) is 4.66. The van der Waals surface area contributed by atoms with Gasteiger partial charge in [0.1, 0.15) is 0 Å². The number of carbonyl (C=O) groups excluding carboxylic acids is 1. The summed E-state index contributed by atoms with van der Waals surface area (Å²) in [4.78, 5) is 10.7. The van der Waals surface area contributed by atoms with Gasteiger partial charge in [-0.15, -0.1) is 0 Å². The van der Waals surface area contributed by atoms with Crippen molar-refractivity contribution in [2.45, 2.75) is 32.2 Å². The molecule has 2 rings (SSSR count). The normalized spacial score (nSPS) is 42.3. The van der Waals surface area contributed by atoms with Crippen LogP contribution < -0.4 is 0 Å². The number of rotatable bonds is 2. The Morgan fingerprint density at radius 3 is 2.62 bits per heavy atom.